The van der Waals surface area contributed by atoms with Crippen LogP contribution in [-0.4, -0.2) is 101 Å². The van der Waals surface area contributed by atoms with E-state index in [0.717, 1.165) is 4.90 Å². The Balaban J connectivity index is 1.34. The molecule has 15 heteroatoms. The number of hydrogen-bond donors (Lipinski definition) is 1. The first kappa shape index (κ1) is 40.3. The SMILES string of the molecule is CC1=C(C)C(=O)C(C(C)(C)CC(=O)N(C)CCN(CCCCCC(=O)NCCN2C(=O)C=CC2=O)C(=O)Oc2ccc3nc(C#N)sc3c2)=C(C)C1=O. The Morgan fingerprint density at radius 1 is 0.943 bits per heavy atom. The number of Topliss-reactive ketones (excluding diaryl/α,β-unsaturated/α-hetero) is 2. The van der Waals surface area contributed by atoms with Gasteiger partial charge in [0.1, 0.15) is 11.8 Å². The maximum Gasteiger partial charge on any atom is 0.415 e. The third-order valence-corrected chi connectivity index (χ3v) is 10.3. The predicted molar refractivity (Wildman–Crippen MR) is 196 cm³/mol. The Hall–Kier alpha value is -5.49. The van der Waals surface area contributed by atoms with Gasteiger partial charge in [-0.3, -0.25) is 33.7 Å². The van der Waals surface area contributed by atoms with Gasteiger partial charge in [0.25, 0.3) is 11.8 Å². The first-order valence-corrected chi connectivity index (χ1v) is 18.2. The number of aromatic nitrogens is 1. The molecule has 2 aliphatic rings. The van der Waals surface area contributed by atoms with Crippen LogP contribution in [0, 0.1) is 16.7 Å². The molecule has 2 heterocycles. The number of ketones is 2. The Morgan fingerprint density at radius 2 is 1.62 bits per heavy atom. The summed E-state index contributed by atoms with van der Waals surface area (Å²) in [5.74, 6) is -1.47. The summed E-state index contributed by atoms with van der Waals surface area (Å²) in [7, 11) is 1.61. The molecule has 1 aromatic carbocycles. The number of imide groups is 1. The summed E-state index contributed by atoms with van der Waals surface area (Å²) < 4.78 is 6.39. The number of carbonyl (C=O) groups excluding carboxylic acids is 7. The van der Waals surface area contributed by atoms with E-state index >= 15 is 0 Å². The molecule has 0 bridgehead atoms. The molecule has 14 nitrogen and oxygen atoms in total. The van der Waals surface area contributed by atoms with Crippen LogP contribution < -0.4 is 10.1 Å². The van der Waals surface area contributed by atoms with Gasteiger partial charge in [-0.05, 0) is 45.7 Å². The van der Waals surface area contributed by atoms with Gasteiger partial charge in [0, 0.05) is 98.5 Å². The Kier molecular flexibility index (Phi) is 13.2. The van der Waals surface area contributed by atoms with Gasteiger partial charge in [0.15, 0.2) is 16.6 Å². The average Bonchev–Trinajstić information content (AvgIpc) is 3.68. The molecule has 0 saturated carbocycles. The van der Waals surface area contributed by atoms with Crippen molar-refractivity contribution in [2.45, 2.75) is 66.7 Å². The minimum Gasteiger partial charge on any atom is -0.410 e. The van der Waals surface area contributed by atoms with Crippen molar-refractivity contribution >= 4 is 62.8 Å². The second kappa shape index (κ2) is 17.4. The van der Waals surface area contributed by atoms with Crippen LogP contribution in [0.2, 0.25) is 0 Å². The summed E-state index contributed by atoms with van der Waals surface area (Å²) in [5, 5.41) is 12.2. The molecule has 0 fully saturated rings. The lowest BCUT2D eigenvalue weighted by molar-refractivity contribution is -0.137. The molecule has 0 radical (unpaired) electrons. The van der Waals surface area contributed by atoms with Crippen molar-refractivity contribution in [3.8, 4) is 11.8 Å². The Labute approximate surface area is 312 Å². The normalized spacial score (nSPS) is 14.7. The van der Waals surface area contributed by atoms with E-state index in [4.69, 9.17) is 4.74 Å². The second-order valence-electron chi connectivity index (χ2n) is 13.7. The summed E-state index contributed by atoms with van der Waals surface area (Å²) in [6.07, 6.45) is 3.59. The second-order valence-corrected chi connectivity index (χ2v) is 14.8. The third kappa shape index (κ3) is 9.89. The van der Waals surface area contributed by atoms with E-state index in [1.807, 2.05) is 6.07 Å². The number of thiazole rings is 1. The lowest BCUT2D eigenvalue weighted by Gasteiger charge is -2.33. The zero-order valence-electron chi connectivity index (χ0n) is 30.9. The fourth-order valence-corrected chi connectivity index (χ4v) is 6.98. The lowest BCUT2D eigenvalue weighted by Crippen LogP contribution is -2.42. The van der Waals surface area contributed by atoms with E-state index in [2.05, 4.69) is 10.3 Å². The molecule has 0 atom stereocenters. The summed E-state index contributed by atoms with van der Waals surface area (Å²) in [6, 6.07) is 6.90. The van der Waals surface area contributed by atoms with Crippen LogP contribution in [0.5, 0.6) is 5.75 Å². The van der Waals surface area contributed by atoms with Crippen molar-refractivity contribution in [2.24, 2.45) is 5.41 Å². The molecule has 1 aliphatic carbocycles. The molecule has 280 valence electrons. The highest BCUT2D eigenvalue weighted by molar-refractivity contribution is 7.19. The van der Waals surface area contributed by atoms with Gasteiger partial charge < -0.3 is 19.9 Å². The number of allylic oxidation sites excluding steroid dienone is 4. The Morgan fingerprint density at radius 3 is 2.30 bits per heavy atom. The van der Waals surface area contributed by atoms with Crippen LogP contribution in [0.4, 0.5) is 4.79 Å². The van der Waals surface area contributed by atoms with E-state index in [1.165, 1.54) is 33.3 Å². The molecule has 4 rings (SSSR count). The molecule has 2 aromatic rings. The number of amides is 5. The molecule has 0 spiro atoms. The highest BCUT2D eigenvalue weighted by atomic mass is 32.1. The zero-order valence-corrected chi connectivity index (χ0v) is 31.7. The van der Waals surface area contributed by atoms with Crippen LogP contribution in [0.1, 0.15) is 71.7 Å². The standard InChI is InChI=1S/C38H44N6O8S/c1-23-24(2)36(50)34(25(3)35(23)49)38(4,5)21-33(48)42(6)18-19-43(37(51)52-26-11-12-27-28(20-26)53-30(22-39)41-27)16-9-7-8-10-29(45)40-15-17-44-31(46)13-14-32(44)47/h11-14,20H,7-10,15-19,21H2,1-6H3,(H,40,45). The first-order chi connectivity index (χ1) is 25.0. The number of carbonyl (C=O) groups is 7. The molecule has 1 aromatic heterocycles. The highest BCUT2D eigenvalue weighted by Crippen LogP contribution is 2.39. The average molecular weight is 745 g/mol. The van der Waals surface area contributed by atoms with Crippen LogP contribution in [0.25, 0.3) is 10.2 Å². The van der Waals surface area contributed by atoms with Gasteiger partial charge in [0.05, 0.1) is 10.2 Å². The minimum absolute atomic E-state index is 0.0326. The van der Waals surface area contributed by atoms with Crippen molar-refractivity contribution in [3.63, 3.8) is 0 Å². The fourth-order valence-electron chi connectivity index (χ4n) is 6.19. The van der Waals surface area contributed by atoms with Crippen LogP contribution in [-0.2, 0) is 28.8 Å². The van der Waals surface area contributed by atoms with Gasteiger partial charge >= 0.3 is 6.09 Å². The lowest BCUT2D eigenvalue weighted by atomic mass is 9.71. The van der Waals surface area contributed by atoms with Crippen molar-refractivity contribution in [2.75, 3.05) is 39.8 Å². The molecule has 1 N–H and O–H groups in total. The smallest absolute Gasteiger partial charge is 0.410 e. The largest absolute Gasteiger partial charge is 0.415 e. The van der Waals surface area contributed by atoms with Gasteiger partial charge in [-0.1, -0.05) is 20.3 Å². The number of ether oxygens (including phenoxy) is 1. The van der Waals surface area contributed by atoms with E-state index < -0.39 is 23.3 Å². The van der Waals surface area contributed by atoms with Crippen molar-refractivity contribution in [1.82, 2.24) is 25.0 Å². The van der Waals surface area contributed by atoms with Crippen molar-refractivity contribution in [1.29, 1.82) is 5.26 Å². The fraction of sp³-hybridized carbons (Fsp3) is 0.447. The van der Waals surface area contributed by atoms with Crippen LogP contribution >= 0.6 is 11.3 Å². The number of unbranched alkanes of at least 4 members (excludes halogenated alkanes) is 2. The predicted octanol–water partition coefficient (Wildman–Crippen LogP) is 4.25. The van der Waals surface area contributed by atoms with E-state index in [1.54, 1.807) is 59.9 Å². The van der Waals surface area contributed by atoms with Gasteiger partial charge in [0.2, 0.25) is 11.8 Å². The third-order valence-electron chi connectivity index (χ3n) is 9.40. The number of benzene rings is 1. The van der Waals surface area contributed by atoms with E-state index in [0.29, 0.717) is 51.8 Å². The zero-order chi connectivity index (χ0) is 39.0. The summed E-state index contributed by atoms with van der Waals surface area (Å²) in [5.41, 5.74) is 1.16. The number of hydrogen-bond acceptors (Lipinski definition) is 11. The van der Waals surface area contributed by atoms with Gasteiger partial charge in [-0.15, -0.1) is 11.3 Å². The highest BCUT2D eigenvalue weighted by Gasteiger charge is 2.39. The minimum atomic E-state index is -0.921. The topological polar surface area (TPSA) is 187 Å². The van der Waals surface area contributed by atoms with Crippen LogP contribution in [0.15, 0.2) is 52.6 Å². The molecule has 5 amide bonds. The maximum absolute atomic E-state index is 13.5. The number of likely N-dealkylation sites (N-methyl/N-ethyl adjacent to an activating group) is 1. The number of rotatable bonds is 16. The van der Waals surface area contributed by atoms with Gasteiger partial charge in [-0.25, -0.2) is 9.78 Å². The molecule has 0 saturated heterocycles. The molecule has 0 unspecified atom stereocenters. The van der Waals surface area contributed by atoms with E-state index in [-0.39, 0.29) is 79.7 Å². The number of fused-ring (bicyclic) bond motifs is 1. The van der Waals surface area contributed by atoms with E-state index in [9.17, 15) is 38.8 Å². The number of nitriles is 1. The number of nitrogens with one attached hydrogen (secondary N) is 1. The summed E-state index contributed by atoms with van der Waals surface area (Å²) >= 11 is 1.18. The van der Waals surface area contributed by atoms with Crippen LogP contribution in [0.3, 0.4) is 0 Å². The molecular weight excluding hydrogens is 701 g/mol. The molecule has 53 heavy (non-hydrogen) atoms. The number of nitrogens with zero attached hydrogens (tertiary/aromatic N) is 5. The van der Waals surface area contributed by atoms with Crippen molar-refractivity contribution < 1.29 is 38.3 Å². The monoisotopic (exact) mass is 744 g/mol. The Bertz CT molecular complexity index is 1970. The molecule has 1 aliphatic heterocycles. The summed E-state index contributed by atoms with van der Waals surface area (Å²) in [6.45, 7) is 9.21. The maximum atomic E-state index is 13.5. The van der Waals surface area contributed by atoms with Crippen molar-refractivity contribution in [3.05, 3.63) is 57.7 Å². The molecular formula is C38H44N6O8S. The first-order valence-electron chi connectivity index (χ1n) is 17.3. The summed E-state index contributed by atoms with van der Waals surface area (Å²) in [4.78, 5) is 96.8. The van der Waals surface area contributed by atoms with Gasteiger partial charge in [-0.2, -0.15) is 5.26 Å². The quantitative estimate of drug-likeness (QED) is 0.148.